The molecule has 0 aromatic carbocycles. The minimum atomic E-state index is -4.43. The monoisotopic (exact) mass is 431 g/mol. The van der Waals surface area contributed by atoms with Gasteiger partial charge in [0, 0.05) is 54.1 Å². The summed E-state index contributed by atoms with van der Waals surface area (Å²) in [7, 11) is 0. The summed E-state index contributed by atoms with van der Waals surface area (Å²) in [6.07, 6.45) is -1.85. The molecule has 0 bridgehead atoms. The summed E-state index contributed by atoms with van der Waals surface area (Å²) in [5.74, 6) is 1.73. The molecule has 0 radical (unpaired) electrons. The van der Waals surface area contributed by atoms with Crippen LogP contribution < -0.4 is 0 Å². The van der Waals surface area contributed by atoms with Crippen molar-refractivity contribution in [2.45, 2.75) is 38.0 Å². The normalized spacial score (nSPS) is 26.6. The fourth-order valence-corrected chi connectivity index (χ4v) is 5.32. The van der Waals surface area contributed by atoms with Crippen LogP contribution in [0.2, 0.25) is 0 Å². The van der Waals surface area contributed by atoms with Crippen molar-refractivity contribution in [2.75, 3.05) is 26.3 Å². The van der Waals surface area contributed by atoms with E-state index >= 15 is 0 Å². The average molecular weight is 431 g/mol. The first-order chi connectivity index (χ1) is 14.8. The molecule has 6 nitrogen and oxygen atoms in total. The fourth-order valence-electron chi connectivity index (χ4n) is 5.32. The first kappa shape index (κ1) is 19.3. The Bertz CT molecular complexity index is 1130. The number of hydrogen-bond acceptors (Lipinski definition) is 4. The van der Waals surface area contributed by atoms with E-state index in [1.54, 1.807) is 12.3 Å². The van der Waals surface area contributed by atoms with Crippen LogP contribution in [-0.2, 0) is 10.9 Å². The van der Waals surface area contributed by atoms with Crippen molar-refractivity contribution >= 4 is 11.0 Å². The van der Waals surface area contributed by atoms with Crippen molar-refractivity contribution in [3.05, 3.63) is 35.8 Å². The third-order valence-electron chi connectivity index (χ3n) is 7.09. The van der Waals surface area contributed by atoms with Crippen LogP contribution in [-0.4, -0.2) is 57.0 Å². The van der Waals surface area contributed by atoms with E-state index in [4.69, 9.17) is 9.84 Å². The molecule has 3 aromatic rings. The van der Waals surface area contributed by atoms with E-state index in [0.717, 1.165) is 32.5 Å². The minimum absolute atomic E-state index is 0.0762. The van der Waals surface area contributed by atoms with Crippen LogP contribution in [0.25, 0.3) is 22.3 Å². The first-order valence-corrected chi connectivity index (χ1v) is 10.8. The Labute approximate surface area is 177 Å². The highest BCUT2D eigenvalue weighted by molar-refractivity contribution is 5.84. The third-order valence-corrected chi connectivity index (χ3v) is 7.09. The summed E-state index contributed by atoms with van der Waals surface area (Å²) < 4.78 is 47.4. The van der Waals surface area contributed by atoms with Gasteiger partial charge in [-0.25, -0.2) is 4.98 Å². The topological polar surface area (TPSA) is 59.0 Å². The zero-order valence-electron chi connectivity index (χ0n) is 17.4. The third kappa shape index (κ3) is 3.01. The lowest BCUT2D eigenvalue weighted by atomic mass is 10.1. The molecule has 0 amide bonds. The zero-order chi connectivity index (χ0) is 21.5. The van der Waals surface area contributed by atoms with Crippen LogP contribution in [0.15, 0.2) is 24.5 Å². The summed E-state index contributed by atoms with van der Waals surface area (Å²) >= 11 is 0. The molecule has 3 fully saturated rings. The molecular formula is C22H24F3N5O. The number of aromatic nitrogens is 4. The van der Waals surface area contributed by atoms with Crippen molar-refractivity contribution < 1.29 is 17.9 Å². The molecule has 31 heavy (non-hydrogen) atoms. The maximum Gasteiger partial charge on any atom is 0.418 e. The number of rotatable bonds is 4. The average Bonchev–Trinajstić information content (AvgIpc) is 3.11. The van der Waals surface area contributed by atoms with Crippen LogP contribution in [0, 0.1) is 11.8 Å². The van der Waals surface area contributed by atoms with E-state index in [-0.39, 0.29) is 17.1 Å². The van der Waals surface area contributed by atoms with E-state index in [9.17, 15) is 13.2 Å². The molecule has 3 aliphatic rings. The maximum atomic E-state index is 13.3. The second-order valence-electron chi connectivity index (χ2n) is 9.31. The van der Waals surface area contributed by atoms with Crippen molar-refractivity contribution in [3.63, 3.8) is 0 Å². The van der Waals surface area contributed by atoms with Gasteiger partial charge in [-0.05, 0) is 37.8 Å². The molecule has 6 rings (SSSR count). The number of H-pyrrole nitrogens is 1. The van der Waals surface area contributed by atoms with Crippen molar-refractivity contribution in [2.24, 2.45) is 11.8 Å². The Morgan fingerprint density at radius 2 is 1.90 bits per heavy atom. The van der Waals surface area contributed by atoms with Crippen LogP contribution in [0.3, 0.4) is 0 Å². The Morgan fingerprint density at radius 3 is 2.52 bits per heavy atom. The highest BCUT2D eigenvalue weighted by Gasteiger charge is 2.58. The number of piperidine rings is 1. The number of nitrogens with one attached hydrogen (secondary N) is 1. The number of likely N-dealkylation sites (tertiary alicyclic amines) is 1. The highest BCUT2D eigenvalue weighted by atomic mass is 19.4. The second kappa shape index (κ2) is 6.56. The van der Waals surface area contributed by atoms with E-state index in [0.29, 0.717) is 35.1 Å². The number of ether oxygens (including phenoxy) is 1. The fraction of sp³-hybridized carbons (Fsp3) is 0.545. The number of hydrogen-bond donors (Lipinski definition) is 1. The predicted molar refractivity (Wildman–Crippen MR) is 109 cm³/mol. The molecule has 1 aliphatic carbocycles. The van der Waals surface area contributed by atoms with Gasteiger partial charge in [-0.15, -0.1) is 0 Å². The summed E-state index contributed by atoms with van der Waals surface area (Å²) in [6, 6.07) is 4.35. The number of aromatic amines is 1. The van der Waals surface area contributed by atoms with Crippen LogP contribution >= 0.6 is 0 Å². The summed E-state index contributed by atoms with van der Waals surface area (Å²) in [4.78, 5) is 9.37. The lowest BCUT2D eigenvalue weighted by molar-refractivity contribution is -0.136. The molecule has 1 saturated carbocycles. The molecule has 1 N–H and O–H groups in total. The molecule has 0 spiro atoms. The zero-order valence-corrected chi connectivity index (χ0v) is 17.4. The largest absolute Gasteiger partial charge is 0.418 e. The molecule has 3 aromatic heterocycles. The predicted octanol–water partition coefficient (Wildman–Crippen LogP) is 4.07. The molecule has 3 atom stereocenters. The molecule has 2 saturated heterocycles. The molecular weight excluding hydrogens is 407 g/mol. The van der Waals surface area contributed by atoms with Crippen molar-refractivity contribution in [1.82, 2.24) is 24.6 Å². The summed E-state index contributed by atoms with van der Waals surface area (Å²) in [6.45, 7) is 8.04. The van der Waals surface area contributed by atoms with Gasteiger partial charge in [0.25, 0.3) is 0 Å². The lowest BCUT2D eigenvalue weighted by Crippen LogP contribution is -2.48. The van der Waals surface area contributed by atoms with Gasteiger partial charge in [0.05, 0.1) is 30.5 Å². The van der Waals surface area contributed by atoms with Crippen LogP contribution in [0.5, 0.6) is 0 Å². The number of fused-ring (bicyclic) bond motifs is 2. The van der Waals surface area contributed by atoms with Gasteiger partial charge in [-0.2, -0.15) is 18.3 Å². The number of pyridine rings is 1. The van der Waals surface area contributed by atoms with Gasteiger partial charge in [0.15, 0.2) is 0 Å². The summed E-state index contributed by atoms with van der Waals surface area (Å²) in [5.41, 5.74) is 2.02. The summed E-state index contributed by atoms with van der Waals surface area (Å²) in [5, 5.41) is 4.86. The molecule has 164 valence electrons. The number of halogens is 3. The van der Waals surface area contributed by atoms with Gasteiger partial charge in [0.1, 0.15) is 5.65 Å². The Morgan fingerprint density at radius 1 is 1.16 bits per heavy atom. The molecule has 2 aliphatic heterocycles. The van der Waals surface area contributed by atoms with Gasteiger partial charge in [-0.3, -0.25) is 9.58 Å². The van der Waals surface area contributed by atoms with E-state index < -0.39 is 11.7 Å². The van der Waals surface area contributed by atoms with Crippen molar-refractivity contribution in [1.29, 1.82) is 0 Å². The molecule has 1 unspecified atom stereocenters. The highest BCUT2D eigenvalue weighted by Crippen LogP contribution is 2.59. The standard InChI is InChI=1S/C22H24F3N5O/c1-11(2)30-19(20-15-7-29(8-16(15)20)13-9-31-10-13)4-18(28-30)12-3-14-17(22(23,24)25)6-27-21(14)26-5-12/h3-6,11,13,15-16,20H,7-10H2,1-2H3,(H,26,27)/t15-,16+,20?. The number of alkyl halides is 3. The van der Waals surface area contributed by atoms with Gasteiger partial charge < -0.3 is 9.72 Å². The lowest BCUT2D eigenvalue weighted by Gasteiger charge is -2.35. The SMILES string of the molecule is CC(C)n1nc(-c2cnc3[nH]cc(C(F)(F)F)c3c2)cc1C1[C@H]2CN(C3COC3)C[C@@H]12. The van der Waals surface area contributed by atoms with Crippen LogP contribution in [0.4, 0.5) is 13.2 Å². The van der Waals surface area contributed by atoms with E-state index in [2.05, 4.69) is 34.8 Å². The van der Waals surface area contributed by atoms with E-state index in [1.165, 1.54) is 5.69 Å². The first-order valence-electron chi connectivity index (χ1n) is 10.8. The van der Waals surface area contributed by atoms with Crippen LogP contribution in [0.1, 0.15) is 37.1 Å². The van der Waals surface area contributed by atoms with E-state index in [1.807, 2.05) is 4.68 Å². The number of nitrogens with zero attached hydrogens (tertiary/aromatic N) is 4. The van der Waals surface area contributed by atoms with Gasteiger partial charge >= 0.3 is 6.18 Å². The van der Waals surface area contributed by atoms with Gasteiger partial charge in [0.2, 0.25) is 0 Å². The minimum Gasteiger partial charge on any atom is -0.378 e. The maximum absolute atomic E-state index is 13.3. The molecule has 9 heteroatoms. The quantitative estimate of drug-likeness (QED) is 0.677. The Kier molecular flexibility index (Phi) is 4.08. The van der Waals surface area contributed by atoms with Gasteiger partial charge in [-0.1, -0.05) is 0 Å². The Hall–Kier alpha value is -2.39. The van der Waals surface area contributed by atoms with Crippen molar-refractivity contribution in [3.8, 4) is 11.3 Å². The second-order valence-corrected chi connectivity index (χ2v) is 9.31. The smallest absolute Gasteiger partial charge is 0.378 e. The molecule has 5 heterocycles. The Balaban J connectivity index is 1.32.